The molecule has 0 heterocycles. The summed E-state index contributed by atoms with van der Waals surface area (Å²) in [6.07, 6.45) is -1.84. The Morgan fingerprint density at radius 3 is 2.31 bits per heavy atom. The Morgan fingerprint density at radius 2 is 1.88 bits per heavy atom. The molecule has 0 amide bonds. The third-order valence-corrected chi connectivity index (χ3v) is 3.34. The first-order chi connectivity index (χ1) is 6.99. The Hall–Kier alpha value is -0.510. The highest BCUT2D eigenvalue weighted by molar-refractivity contribution is 5.89. The highest BCUT2D eigenvalue weighted by Gasteiger charge is 2.54. The first kappa shape index (κ1) is 13.6. The maximum absolute atomic E-state index is 13.4. The van der Waals surface area contributed by atoms with Crippen LogP contribution in [0.15, 0.2) is 0 Å². The summed E-state index contributed by atoms with van der Waals surface area (Å²) in [6, 6.07) is 0. The molecule has 0 bridgehead atoms. The van der Waals surface area contributed by atoms with Crippen LogP contribution in [0.3, 0.4) is 0 Å². The summed E-state index contributed by atoms with van der Waals surface area (Å²) in [6.45, 7) is 6.54. The van der Waals surface area contributed by atoms with Crippen LogP contribution in [0.25, 0.3) is 0 Å². The first-order valence-corrected chi connectivity index (χ1v) is 5.60. The Labute approximate surface area is 95.0 Å². The summed E-state index contributed by atoms with van der Waals surface area (Å²) in [7, 11) is 0. The monoisotopic (exact) mass is 234 g/mol. The van der Waals surface area contributed by atoms with E-state index >= 15 is 0 Å². The minimum absolute atomic E-state index is 0.00861. The number of hydrogen-bond acceptors (Lipinski definition) is 2. The van der Waals surface area contributed by atoms with Crippen molar-refractivity contribution in [2.24, 2.45) is 10.8 Å². The van der Waals surface area contributed by atoms with Crippen molar-refractivity contribution in [3.63, 3.8) is 0 Å². The van der Waals surface area contributed by atoms with Gasteiger partial charge in [0.1, 0.15) is 5.78 Å². The molecule has 2 unspecified atom stereocenters. The molecule has 1 aliphatic rings. The van der Waals surface area contributed by atoms with Gasteiger partial charge in [-0.05, 0) is 13.3 Å². The summed E-state index contributed by atoms with van der Waals surface area (Å²) in [5.41, 5.74) is -2.02. The van der Waals surface area contributed by atoms with Crippen molar-refractivity contribution >= 4 is 5.78 Å². The molecule has 1 N–H and O–H groups in total. The van der Waals surface area contributed by atoms with Crippen LogP contribution >= 0.6 is 0 Å². The van der Waals surface area contributed by atoms with Gasteiger partial charge < -0.3 is 5.11 Å². The standard InChI is InChI=1S/C12H20F2O2/c1-10(2,3)9(16)11(4)7-12(13,14)6-5-8(11)15/h8,15H,5-7H2,1-4H3. The van der Waals surface area contributed by atoms with E-state index in [9.17, 15) is 18.7 Å². The number of rotatable bonds is 1. The second kappa shape index (κ2) is 3.76. The second-order valence-corrected chi connectivity index (χ2v) is 6.08. The predicted molar refractivity (Wildman–Crippen MR) is 57.4 cm³/mol. The summed E-state index contributed by atoms with van der Waals surface area (Å²) in [5, 5.41) is 9.84. The average molecular weight is 234 g/mol. The molecular formula is C12H20F2O2. The highest BCUT2D eigenvalue weighted by atomic mass is 19.3. The van der Waals surface area contributed by atoms with Gasteiger partial charge in [0.15, 0.2) is 0 Å². The van der Waals surface area contributed by atoms with Crippen molar-refractivity contribution in [2.45, 2.75) is 59.0 Å². The van der Waals surface area contributed by atoms with Gasteiger partial charge in [0.05, 0.1) is 11.5 Å². The molecule has 1 rings (SSSR count). The molecular weight excluding hydrogens is 214 g/mol. The SMILES string of the molecule is CC(C)(C)C(=O)C1(C)CC(F)(F)CCC1O. The molecule has 0 aromatic carbocycles. The van der Waals surface area contributed by atoms with Gasteiger partial charge in [0, 0.05) is 18.3 Å². The van der Waals surface area contributed by atoms with E-state index in [1.54, 1.807) is 20.8 Å². The number of aliphatic hydroxyl groups is 1. The third kappa shape index (κ3) is 2.42. The summed E-state index contributed by atoms with van der Waals surface area (Å²) < 4.78 is 26.7. The molecule has 1 saturated carbocycles. The van der Waals surface area contributed by atoms with E-state index in [4.69, 9.17) is 0 Å². The Balaban J connectivity index is 3.01. The van der Waals surface area contributed by atoms with Gasteiger partial charge in [-0.1, -0.05) is 20.8 Å². The summed E-state index contributed by atoms with van der Waals surface area (Å²) >= 11 is 0. The smallest absolute Gasteiger partial charge is 0.249 e. The van der Waals surface area contributed by atoms with Gasteiger partial charge in [-0.25, -0.2) is 8.78 Å². The minimum atomic E-state index is -2.84. The minimum Gasteiger partial charge on any atom is -0.392 e. The molecule has 0 aromatic heterocycles. The fourth-order valence-corrected chi connectivity index (χ4v) is 2.50. The summed E-state index contributed by atoms with van der Waals surface area (Å²) in [5.74, 6) is -3.12. The normalized spacial score (nSPS) is 34.8. The van der Waals surface area contributed by atoms with Crippen molar-refractivity contribution in [3.8, 4) is 0 Å². The van der Waals surface area contributed by atoms with Gasteiger partial charge >= 0.3 is 0 Å². The van der Waals surface area contributed by atoms with E-state index in [1.165, 1.54) is 6.92 Å². The molecule has 16 heavy (non-hydrogen) atoms. The molecule has 0 aliphatic heterocycles. The number of alkyl halides is 2. The van der Waals surface area contributed by atoms with E-state index < -0.39 is 29.3 Å². The van der Waals surface area contributed by atoms with Gasteiger partial charge in [-0.2, -0.15) is 0 Å². The van der Waals surface area contributed by atoms with Crippen LogP contribution in [-0.2, 0) is 4.79 Å². The second-order valence-electron chi connectivity index (χ2n) is 6.08. The van der Waals surface area contributed by atoms with Crippen LogP contribution in [-0.4, -0.2) is 22.9 Å². The molecule has 0 aromatic rings. The molecule has 4 heteroatoms. The van der Waals surface area contributed by atoms with Crippen LogP contribution in [0, 0.1) is 10.8 Å². The van der Waals surface area contributed by atoms with E-state index in [-0.39, 0.29) is 18.6 Å². The first-order valence-electron chi connectivity index (χ1n) is 5.60. The Morgan fingerprint density at radius 1 is 1.38 bits per heavy atom. The fraction of sp³-hybridized carbons (Fsp3) is 0.917. The number of ketones is 1. The van der Waals surface area contributed by atoms with Crippen LogP contribution in [0.2, 0.25) is 0 Å². The third-order valence-electron chi connectivity index (χ3n) is 3.34. The van der Waals surface area contributed by atoms with Crippen molar-refractivity contribution in [1.82, 2.24) is 0 Å². The maximum atomic E-state index is 13.4. The Kier molecular flexibility index (Phi) is 3.18. The molecule has 0 saturated heterocycles. The fourth-order valence-electron chi connectivity index (χ4n) is 2.50. The lowest BCUT2D eigenvalue weighted by molar-refractivity contribution is -0.165. The van der Waals surface area contributed by atoms with Gasteiger partial charge in [0.2, 0.25) is 5.92 Å². The maximum Gasteiger partial charge on any atom is 0.249 e. The lowest BCUT2D eigenvalue weighted by atomic mass is 9.63. The van der Waals surface area contributed by atoms with Crippen molar-refractivity contribution in [1.29, 1.82) is 0 Å². The highest BCUT2D eigenvalue weighted by Crippen LogP contribution is 2.47. The zero-order valence-corrected chi connectivity index (χ0v) is 10.3. The van der Waals surface area contributed by atoms with Gasteiger partial charge in [0.25, 0.3) is 0 Å². The van der Waals surface area contributed by atoms with E-state index in [0.29, 0.717) is 0 Å². The quantitative estimate of drug-likeness (QED) is 0.757. The molecule has 1 aliphatic carbocycles. The lowest BCUT2D eigenvalue weighted by Crippen LogP contribution is -2.52. The van der Waals surface area contributed by atoms with E-state index in [1.807, 2.05) is 0 Å². The zero-order valence-electron chi connectivity index (χ0n) is 10.3. The molecule has 0 radical (unpaired) electrons. The molecule has 2 nitrogen and oxygen atoms in total. The van der Waals surface area contributed by atoms with Crippen LogP contribution < -0.4 is 0 Å². The number of carbonyl (C=O) groups excluding carboxylic acids is 1. The van der Waals surface area contributed by atoms with Gasteiger partial charge in [-0.3, -0.25) is 4.79 Å². The van der Waals surface area contributed by atoms with Crippen LogP contribution in [0.4, 0.5) is 8.78 Å². The largest absolute Gasteiger partial charge is 0.392 e. The number of aliphatic hydroxyl groups excluding tert-OH is 1. The number of Topliss-reactive ketones (excluding diaryl/α,β-unsaturated/α-hetero) is 1. The molecule has 0 spiro atoms. The number of carbonyl (C=O) groups is 1. The number of hydrogen-bond donors (Lipinski definition) is 1. The zero-order chi connectivity index (χ0) is 12.8. The molecule has 1 fully saturated rings. The lowest BCUT2D eigenvalue weighted by Gasteiger charge is -2.43. The van der Waals surface area contributed by atoms with Crippen molar-refractivity contribution in [2.75, 3.05) is 0 Å². The van der Waals surface area contributed by atoms with Crippen LogP contribution in [0.5, 0.6) is 0 Å². The number of halogens is 2. The van der Waals surface area contributed by atoms with E-state index in [2.05, 4.69) is 0 Å². The average Bonchev–Trinajstić information content (AvgIpc) is 2.09. The van der Waals surface area contributed by atoms with Crippen LogP contribution in [0.1, 0.15) is 47.0 Å². The van der Waals surface area contributed by atoms with Crippen molar-refractivity contribution < 1.29 is 18.7 Å². The predicted octanol–water partition coefficient (Wildman–Crippen LogP) is 2.79. The molecule has 94 valence electrons. The van der Waals surface area contributed by atoms with E-state index in [0.717, 1.165) is 0 Å². The summed E-state index contributed by atoms with van der Waals surface area (Å²) in [4.78, 5) is 12.1. The molecule has 2 atom stereocenters. The van der Waals surface area contributed by atoms with Crippen molar-refractivity contribution in [3.05, 3.63) is 0 Å². The Bertz CT molecular complexity index is 294. The van der Waals surface area contributed by atoms with Gasteiger partial charge in [-0.15, -0.1) is 0 Å². The topological polar surface area (TPSA) is 37.3 Å².